The number of methoxy groups -OCH3 is 1. The highest BCUT2D eigenvalue weighted by atomic mass is 79.9. The van der Waals surface area contributed by atoms with Crippen molar-refractivity contribution in [3.05, 3.63) is 94.0 Å². The summed E-state index contributed by atoms with van der Waals surface area (Å²) >= 11 is 3.49. The third-order valence-corrected chi connectivity index (χ3v) is 5.75. The summed E-state index contributed by atoms with van der Waals surface area (Å²) in [5, 5.41) is 2.21. The number of carbonyl (C=O) groups is 3. The average Bonchev–Trinajstić information content (AvgIpc) is 2.82. The highest BCUT2D eigenvalue weighted by molar-refractivity contribution is 9.10. The molecule has 0 saturated carbocycles. The van der Waals surface area contributed by atoms with Gasteiger partial charge in [-0.2, -0.15) is 0 Å². The van der Waals surface area contributed by atoms with Crippen molar-refractivity contribution < 1.29 is 23.9 Å². The molecule has 1 fully saturated rings. The van der Waals surface area contributed by atoms with Gasteiger partial charge in [0.05, 0.1) is 12.8 Å². The Kier molecular flexibility index (Phi) is 6.55. The maximum Gasteiger partial charge on any atom is 0.335 e. The van der Waals surface area contributed by atoms with Crippen molar-refractivity contribution >= 4 is 45.5 Å². The van der Waals surface area contributed by atoms with Gasteiger partial charge < -0.3 is 9.47 Å². The van der Waals surface area contributed by atoms with Crippen LogP contribution in [0, 0.1) is 0 Å². The maximum absolute atomic E-state index is 13.0. The molecule has 0 radical (unpaired) electrons. The third-order valence-electron chi connectivity index (χ3n) is 4.98. The van der Waals surface area contributed by atoms with Crippen LogP contribution < -0.4 is 19.7 Å². The van der Waals surface area contributed by atoms with Gasteiger partial charge in [0.1, 0.15) is 23.7 Å². The number of hydrogen-bond acceptors (Lipinski definition) is 5. The van der Waals surface area contributed by atoms with Crippen molar-refractivity contribution in [1.29, 1.82) is 0 Å². The lowest BCUT2D eigenvalue weighted by Gasteiger charge is -2.26. The van der Waals surface area contributed by atoms with Gasteiger partial charge in [-0.3, -0.25) is 14.9 Å². The first kappa shape index (κ1) is 22.3. The van der Waals surface area contributed by atoms with Gasteiger partial charge in [-0.05, 0) is 54.1 Å². The number of nitrogens with one attached hydrogen (secondary N) is 1. The molecule has 0 atom stereocenters. The number of imide groups is 2. The number of halogens is 1. The molecule has 4 amide bonds. The van der Waals surface area contributed by atoms with Gasteiger partial charge in [0.2, 0.25) is 0 Å². The minimum absolute atomic E-state index is 0.146. The number of rotatable bonds is 6. The third kappa shape index (κ3) is 4.96. The molecule has 3 aromatic carbocycles. The predicted molar refractivity (Wildman–Crippen MR) is 127 cm³/mol. The Balaban J connectivity index is 1.51. The van der Waals surface area contributed by atoms with E-state index in [1.807, 2.05) is 24.3 Å². The van der Waals surface area contributed by atoms with Crippen LogP contribution in [0.4, 0.5) is 10.5 Å². The molecule has 4 rings (SSSR count). The molecule has 0 aliphatic carbocycles. The van der Waals surface area contributed by atoms with Crippen molar-refractivity contribution in [3.8, 4) is 11.5 Å². The van der Waals surface area contributed by atoms with Crippen LogP contribution in [0.3, 0.4) is 0 Å². The minimum atomic E-state index is -0.803. The summed E-state index contributed by atoms with van der Waals surface area (Å²) in [6, 6.07) is 20.3. The van der Waals surface area contributed by atoms with Crippen LogP contribution in [0.15, 0.2) is 82.8 Å². The van der Waals surface area contributed by atoms with Crippen LogP contribution in [-0.4, -0.2) is 25.0 Å². The molecule has 1 heterocycles. The lowest BCUT2D eigenvalue weighted by Crippen LogP contribution is -2.54. The Bertz CT molecular complexity index is 1240. The largest absolute Gasteiger partial charge is 0.497 e. The van der Waals surface area contributed by atoms with E-state index in [1.54, 1.807) is 48.5 Å². The standard InChI is InChI=1S/C25H19BrN2O5/c1-32-19-12-8-18(9-13-19)28-24(30)21(23(29)27-25(28)31)14-16-6-10-20(11-7-16)33-15-17-4-2-3-5-22(17)26/h2-14H,15H2,1H3,(H,27,29,31)/b21-14+. The summed E-state index contributed by atoms with van der Waals surface area (Å²) in [7, 11) is 1.52. The lowest BCUT2D eigenvalue weighted by atomic mass is 10.1. The Morgan fingerprint density at radius 2 is 1.58 bits per heavy atom. The van der Waals surface area contributed by atoms with Gasteiger partial charge in [-0.15, -0.1) is 0 Å². The molecular weight excluding hydrogens is 488 g/mol. The van der Waals surface area contributed by atoms with Crippen molar-refractivity contribution in [3.63, 3.8) is 0 Å². The van der Waals surface area contributed by atoms with Crippen molar-refractivity contribution in [2.75, 3.05) is 12.0 Å². The van der Waals surface area contributed by atoms with Crippen LogP contribution in [0.2, 0.25) is 0 Å². The predicted octanol–water partition coefficient (Wildman–Crippen LogP) is 4.70. The van der Waals surface area contributed by atoms with E-state index in [4.69, 9.17) is 9.47 Å². The molecule has 1 aliphatic heterocycles. The Morgan fingerprint density at radius 3 is 2.24 bits per heavy atom. The highest BCUT2D eigenvalue weighted by Gasteiger charge is 2.36. The number of barbiturate groups is 1. The number of hydrogen-bond donors (Lipinski definition) is 1. The van der Waals surface area contributed by atoms with Gasteiger partial charge in [0.15, 0.2) is 0 Å². The van der Waals surface area contributed by atoms with Gasteiger partial charge in [-0.25, -0.2) is 9.69 Å². The zero-order chi connectivity index (χ0) is 23.4. The molecule has 166 valence electrons. The lowest BCUT2D eigenvalue weighted by molar-refractivity contribution is -0.122. The number of urea groups is 1. The van der Waals surface area contributed by atoms with E-state index in [9.17, 15) is 14.4 Å². The molecule has 1 saturated heterocycles. The molecule has 0 bridgehead atoms. The van der Waals surface area contributed by atoms with E-state index >= 15 is 0 Å². The number of benzene rings is 3. The average molecular weight is 507 g/mol. The fourth-order valence-electron chi connectivity index (χ4n) is 3.23. The molecule has 7 nitrogen and oxygen atoms in total. The second-order valence-corrected chi connectivity index (χ2v) is 7.96. The van der Waals surface area contributed by atoms with Crippen LogP contribution in [-0.2, 0) is 16.2 Å². The molecule has 0 unspecified atom stereocenters. The normalized spacial score (nSPS) is 14.9. The molecule has 1 N–H and O–H groups in total. The van der Waals surface area contributed by atoms with Gasteiger partial charge in [-0.1, -0.05) is 46.3 Å². The SMILES string of the molecule is COc1ccc(N2C(=O)NC(=O)/C(=C\c3ccc(OCc4ccccc4Br)cc3)C2=O)cc1. The molecule has 0 aromatic heterocycles. The van der Waals surface area contributed by atoms with Crippen LogP contribution in [0.25, 0.3) is 6.08 Å². The van der Waals surface area contributed by atoms with E-state index in [0.29, 0.717) is 29.4 Å². The molecule has 33 heavy (non-hydrogen) atoms. The van der Waals surface area contributed by atoms with Gasteiger partial charge in [0.25, 0.3) is 11.8 Å². The summed E-state index contributed by atoms with van der Waals surface area (Å²) in [6.45, 7) is 0.391. The van der Waals surface area contributed by atoms with E-state index < -0.39 is 17.8 Å². The second kappa shape index (κ2) is 9.70. The highest BCUT2D eigenvalue weighted by Crippen LogP contribution is 2.25. The number of carbonyl (C=O) groups excluding carboxylic acids is 3. The van der Waals surface area contributed by atoms with Gasteiger partial charge in [0, 0.05) is 10.0 Å². The maximum atomic E-state index is 13.0. The Labute approximate surface area is 198 Å². The summed E-state index contributed by atoms with van der Waals surface area (Å²) in [5.74, 6) is -0.230. The molecule has 3 aromatic rings. The first-order valence-electron chi connectivity index (χ1n) is 9.98. The van der Waals surface area contributed by atoms with E-state index in [1.165, 1.54) is 13.2 Å². The van der Waals surface area contributed by atoms with Crippen molar-refractivity contribution in [1.82, 2.24) is 5.32 Å². The van der Waals surface area contributed by atoms with E-state index in [-0.39, 0.29) is 5.57 Å². The van der Waals surface area contributed by atoms with Crippen molar-refractivity contribution in [2.45, 2.75) is 6.61 Å². The molecule has 8 heteroatoms. The Hall–Kier alpha value is -3.91. The first-order chi connectivity index (χ1) is 16.0. The first-order valence-corrected chi connectivity index (χ1v) is 10.8. The zero-order valence-corrected chi connectivity index (χ0v) is 19.2. The number of ether oxygens (including phenoxy) is 2. The van der Waals surface area contributed by atoms with Crippen LogP contribution in [0.1, 0.15) is 11.1 Å². The Morgan fingerprint density at radius 1 is 0.909 bits per heavy atom. The van der Waals surface area contributed by atoms with Crippen LogP contribution >= 0.6 is 15.9 Å². The summed E-state index contributed by atoms with van der Waals surface area (Å²) in [5.41, 5.74) is 1.81. The van der Waals surface area contributed by atoms with Crippen molar-refractivity contribution in [2.24, 2.45) is 0 Å². The summed E-state index contributed by atoms with van der Waals surface area (Å²) < 4.78 is 11.9. The fraction of sp³-hybridized carbons (Fsp3) is 0.0800. The van der Waals surface area contributed by atoms with Crippen LogP contribution in [0.5, 0.6) is 11.5 Å². The minimum Gasteiger partial charge on any atom is -0.497 e. The topological polar surface area (TPSA) is 84.9 Å². The zero-order valence-electron chi connectivity index (χ0n) is 17.6. The summed E-state index contributed by atoms with van der Waals surface area (Å²) in [4.78, 5) is 38.6. The molecule has 1 aliphatic rings. The number of amides is 4. The molecule has 0 spiro atoms. The fourth-order valence-corrected chi connectivity index (χ4v) is 3.63. The van der Waals surface area contributed by atoms with E-state index in [0.717, 1.165) is 14.9 Å². The van der Waals surface area contributed by atoms with Gasteiger partial charge >= 0.3 is 6.03 Å². The second-order valence-electron chi connectivity index (χ2n) is 7.10. The quantitative estimate of drug-likeness (QED) is 0.386. The summed E-state index contributed by atoms with van der Waals surface area (Å²) in [6.07, 6.45) is 1.44. The number of anilines is 1. The number of nitrogens with zero attached hydrogens (tertiary/aromatic N) is 1. The van der Waals surface area contributed by atoms with E-state index in [2.05, 4.69) is 21.2 Å². The monoisotopic (exact) mass is 506 g/mol. The molecular formula is C25H19BrN2O5. The smallest absolute Gasteiger partial charge is 0.335 e.